The Hall–Kier alpha value is -3.35. The predicted octanol–water partition coefficient (Wildman–Crippen LogP) is 3.16. The van der Waals surface area contributed by atoms with E-state index in [-0.39, 0.29) is 29.8 Å². The average Bonchev–Trinajstić information content (AvgIpc) is 3.35. The van der Waals surface area contributed by atoms with Crippen molar-refractivity contribution in [1.29, 1.82) is 0 Å². The summed E-state index contributed by atoms with van der Waals surface area (Å²) in [5, 5.41) is 6.25. The average molecular weight is 450 g/mol. The molecule has 1 saturated carbocycles. The van der Waals surface area contributed by atoms with Gasteiger partial charge in [0.25, 0.3) is 11.8 Å². The van der Waals surface area contributed by atoms with Gasteiger partial charge in [-0.25, -0.2) is 0 Å². The molecule has 3 amide bonds. The quantitative estimate of drug-likeness (QED) is 0.709. The number of hydrogen-bond donors (Lipinski definition) is 2. The lowest BCUT2D eigenvalue weighted by molar-refractivity contribution is -0.125. The van der Waals surface area contributed by atoms with Crippen LogP contribution in [0.5, 0.6) is 5.75 Å². The van der Waals surface area contributed by atoms with Crippen LogP contribution in [0.15, 0.2) is 54.6 Å². The lowest BCUT2D eigenvalue weighted by atomic mass is 9.90. The van der Waals surface area contributed by atoms with Crippen LogP contribution in [0, 0.1) is 0 Å². The minimum atomic E-state index is -0.445. The summed E-state index contributed by atoms with van der Waals surface area (Å²) in [6.45, 7) is 0.576. The molecule has 2 N–H and O–H groups in total. The first kappa shape index (κ1) is 22.8. The Morgan fingerprint density at radius 1 is 0.848 bits per heavy atom. The minimum Gasteiger partial charge on any atom is -0.497 e. The summed E-state index contributed by atoms with van der Waals surface area (Å²) in [7, 11) is 1.57. The molecule has 0 spiro atoms. The molecule has 0 bridgehead atoms. The van der Waals surface area contributed by atoms with E-state index in [1.54, 1.807) is 48.4 Å². The number of rotatable bonds is 6. The molecule has 2 fully saturated rings. The maximum absolute atomic E-state index is 13.0. The lowest BCUT2D eigenvalue weighted by Crippen LogP contribution is -2.50. The number of benzene rings is 2. The van der Waals surface area contributed by atoms with Crippen molar-refractivity contribution in [3.63, 3.8) is 0 Å². The Kier molecular flexibility index (Phi) is 7.27. The van der Waals surface area contributed by atoms with Crippen molar-refractivity contribution in [3.05, 3.63) is 65.7 Å². The van der Waals surface area contributed by atoms with Crippen molar-refractivity contribution in [2.45, 2.75) is 56.7 Å². The first-order valence-electron chi connectivity index (χ1n) is 11.7. The molecule has 4 rings (SSSR count). The molecule has 0 unspecified atom stereocenters. The van der Waals surface area contributed by atoms with Gasteiger partial charge in [-0.2, -0.15) is 0 Å². The number of carbonyl (C=O) groups is 3. The normalized spacial score (nSPS) is 22.5. The van der Waals surface area contributed by atoms with E-state index < -0.39 is 6.04 Å². The Balaban J connectivity index is 1.28. The molecule has 7 heteroatoms. The van der Waals surface area contributed by atoms with Gasteiger partial charge in [0, 0.05) is 29.8 Å². The molecule has 2 aromatic carbocycles. The third-order valence-electron chi connectivity index (χ3n) is 6.58. The molecule has 1 aliphatic carbocycles. The molecular formula is C26H31N3O4. The molecule has 1 atom stereocenters. The zero-order valence-corrected chi connectivity index (χ0v) is 19.0. The Bertz CT molecular complexity index is 986. The van der Waals surface area contributed by atoms with E-state index in [4.69, 9.17) is 4.74 Å². The molecule has 2 aromatic rings. The van der Waals surface area contributed by atoms with Gasteiger partial charge in [0.05, 0.1) is 7.11 Å². The first-order valence-corrected chi connectivity index (χ1v) is 11.7. The summed E-state index contributed by atoms with van der Waals surface area (Å²) in [5.41, 5.74) is 1.19. The summed E-state index contributed by atoms with van der Waals surface area (Å²) in [6, 6.07) is 16.0. The van der Waals surface area contributed by atoms with Crippen molar-refractivity contribution in [1.82, 2.24) is 15.5 Å². The number of likely N-dealkylation sites (tertiary alicyclic amines) is 1. The predicted molar refractivity (Wildman–Crippen MR) is 125 cm³/mol. The molecule has 1 aliphatic heterocycles. The molecule has 0 radical (unpaired) electrons. The van der Waals surface area contributed by atoms with Gasteiger partial charge in [0.1, 0.15) is 11.8 Å². The Morgan fingerprint density at radius 2 is 1.52 bits per heavy atom. The summed E-state index contributed by atoms with van der Waals surface area (Å²) >= 11 is 0. The molecule has 7 nitrogen and oxygen atoms in total. The van der Waals surface area contributed by atoms with E-state index in [9.17, 15) is 14.4 Å². The van der Waals surface area contributed by atoms with E-state index in [1.807, 2.05) is 18.2 Å². The Morgan fingerprint density at radius 3 is 2.21 bits per heavy atom. The van der Waals surface area contributed by atoms with Crippen LogP contribution in [0.1, 0.15) is 59.2 Å². The van der Waals surface area contributed by atoms with Gasteiger partial charge in [0.2, 0.25) is 5.91 Å². The topological polar surface area (TPSA) is 87.7 Å². The largest absolute Gasteiger partial charge is 0.497 e. The van der Waals surface area contributed by atoms with Crippen LogP contribution in [0.25, 0.3) is 0 Å². The van der Waals surface area contributed by atoms with Gasteiger partial charge in [0.15, 0.2) is 0 Å². The zero-order chi connectivity index (χ0) is 23.2. The van der Waals surface area contributed by atoms with Gasteiger partial charge in [-0.1, -0.05) is 24.3 Å². The minimum absolute atomic E-state index is 0.0549. The van der Waals surface area contributed by atoms with Crippen LogP contribution >= 0.6 is 0 Å². The maximum Gasteiger partial charge on any atom is 0.254 e. The molecule has 1 heterocycles. The number of carbonyl (C=O) groups excluding carboxylic acids is 3. The number of methoxy groups -OCH3 is 1. The molecular weight excluding hydrogens is 418 g/mol. The monoisotopic (exact) mass is 449 g/mol. The van der Waals surface area contributed by atoms with Crippen LogP contribution in [0.3, 0.4) is 0 Å². The van der Waals surface area contributed by atoms with Crippen LogP contribution in [0.2, 0.25) is 0 Å². The summed E-state index contributed by atoms with van der Waals surface area (Å²) in [4.78, 5) is 40.1. The van der Waals surface area contributed by atoms with Crippen LogP contribution in [-0.2, 0) is 4.79 Å². The van der Waals surface area contributed by atoms with E-state index in [2.05, 4.69) is 10.6 Å². The third kappa shape index (κ3) is 5.53. The fourth-order valence-corrected chi connectivity index (χ4v) is 4.74. The summed E-state index contributed by atoms with van der Waals surface area (Å²) in [5.74, 6) is 0.345. The zero-order valence-electron chi connectivity index (χ0n) is 19.0. The fourth-order valence-electron chi connectivity index (χ4n) is 4.74. The number of nitrogens with zero attached hydrogens (tertiary/aromatic N) is 1. The molecule has 33 heavy (non-hydrogen) atoms. The van der Waals surface area contributed by atoms with E-state index in [1.165, 1.54) is 0 Å². The van der Waals surface area contributed by atoms with Gasteiger partial charge < -0.3 is 20.3 Å². The number of hydrogen-bond acceptors (Lipinski definition) is 4. The lowest BCUT2D eigenvalue weighted by Gasteiger charge is -2.31. The summed E-state index contributed by atoms with van der Waals surface area (Å²) < 4.78 is 5.22. The van der Waals surface area contributed by atoms with Crippen molar-refractivity contribution >= 4 is 17.7 Å². The number of ether oxygens (including phenoxy) is 1. The van der Waals surface area contributed by atoms with E-state index in [0.29, 0.717) is 29.8 Å². The van der Waals surface area contributed by atoms with Gasteiger partial charge in [-0.05, 0) is 68.9 Å². The van der Waals surface area contributed by atoms with Crippen LogP contribution < -0.4 is 15.4 Å². The fraction of sp³-hybridized carbons (Fsp3) is 0.423. The second kappa shape index (κ2) is 10.5. The highest BCUT2D eigenvalue weighted by atomic mass is 16.5. The Labute approximate surface area is 194 Å². The maximum atomic E-state index is 13.0. The molecule has 2 aliphatic rings. The van der Waals surface area contributed by atoms with Crippen molar-refractivity contribution in [2.24, 2.45) is 0 Å². The van der Waals surface area contributed by atoms with Crippen LogP contribution in [0.4, 0.5) is 0 Å². The second-order valence-corrected chi connectivity index (χ2v) is 8.79. The van der Waals surface area contributed by atoms with Crippen molar-refractivity contribution in [3.8, 4) is 5.75 Å². The third-order valence-corrected chi connectivity index (χ3v) is 6.58. The smallest absolute Gasteiger partial charge is 0.254 e. The highest BCUT2D eigenvalue weighted by Crippen LogP contribution is 2.24. The standard InChI is InChI=1S/C26H31N3O4/c1-33-22-10-5-9-19(17-22)26(32)29-16-6-11-23(29)25(31)28-21-14-12-20(13-15-21)27-24(30)18-7-3-2-4-8-18/h2-5,7-10,17,20-21,23H,6,11-16H2,1H3,(H,27,30)(H,28,31)/t20?,21?,23-/m0/s1. The number of amides is 3. The van der Waals surface area contributed by atoms with Crippen molar-refractivity contribution in [2.75, 3.05) is 13.7 Å². The highest BCUT2D eigenvalue weighted by molar-refractivity contribution is 5.98. The van der Waals surface area contributed by atoms with Crippen molar-refractivity contribution < 1.29 is 19.1 Å². The van der Waals surface area contributed by atoms with E-state index in [0.717, 1.165) is 32.1 Å². The highest BCUT2D eigenvalue weighted by Gasteiger charge is 2.36. The first-order chi connectivity index (χ1) is 16.0. The summed E-state index contributed by atoms with van der Waals surface area (Å²) in [6.07, 6.45) is 4.74. The molecule has 0 aromatic heterocycles. The van der Waals surface area contributed by atoms with E-state index >= 15 is 0 Å². The van der Waals surface area contributed by atoms with Crippen LogP contribution in [-0.4, -0.2) is 54.4 Å². The second-order valence-electron chi connectivity index (χ2n) is 8.79. The van der Waals surface area contributed by atoms with Gasteiger partial charge in [-0.15, -0.1) is 0 Å². The molecule has 174 valence electrons. The number of nitrogens with one attached hydrogen (secondary N) is 2. The van der Waals surface area contributed by atoms with Gasteiger partial charge >= 0.3 is 0 Å². The van der Waals surface area contributed by atoms with Gasteiger partial charge in [-0.3, -0.25) is 14.4 Å². The molecule has 1 saturated heterocycles. The SMILES string of the molecule is COc1cccc(C(=O)N2CCC[C@H]2C(=O)NC2CCC(NC(=O)c3ccccc3)CC2)c1.